The van der Waals surface area contributed by atoms with Gasteiger partial charge in [-0.25, -0.2) is 4.79 Å². The molecule has 1 atom stereocenters. The molecule has 1 aromatic heterocycles. The second kappa shape index (κ2) is 5.99. The van der Waals surface area contributed by atoms with Crippen molar-refractivity contribution in [2.45, 2.75) is 38.1 Å². The van der Waals surface area contributed by atoms with Crippen LogP contribution >= 0.6 is 0 Å². The first-order valence-electron chi connectivity index (χ1n) is 6.71. The fraction of sp³-hybridized carbons (Fsp3) is 0.500. The molecule has 0 radical (unpaired) electrons. The van der Waals surface area contributed by atoms with Gasteiger partial charge in [-0.3, -0.25) is 14.2 Å². The lowest BCUT2D eigenvalue weighted by Crippen LogP contribution is -2.37. The summed E-state index contributed by atoms with van der Waals surface area (Å²) in [7, 11) is 1.25. The topological polar surface area (TPSA) is 106 Å². The summed E-state index contributed by atoms with van der Waals surface area (Å²) in [5.41, 5.74) is 0.161. The molecule has 7 nitrogen and oxygen atoms in total. The van der Waals surface area contributed by atoms with Gasteiger partial charge in [0.2, 0.25) is 0 Å². The number of hydrogen-bond acceptors (Lipinski definition) is 5. The van der Waals surface area contributed by atoms with Crippen molar-refractivity contribution in [2.24, 2.45) is 0 Å². The van der Waals surface area contributed by atoms with Gasteiger partial charge < -0.3 is 14.9 Å². The number of methoxy groups -OCH3 is 1. The third kappa shape index (κ3) is 2.91. The first-order chi connectivity index (χ1) is 9.95. The van der Waals surface area contributed by atoms with E-state index in [4.69, 9.17) is 9.84 Å². The summed E-state index contributed by atoms with van der Waals surface area (Å²) in [6.07, 6.45) is 1.42. The fourth-order valence-corrected chi connectivity index (χ4v) is 2.66. The summed E-state index contributed by atoms with van der Waals surface area (Å²) in [4.78, 5) is 34.9. The number of carboxylic acids is 1. The van der Waals surface area contributed by atoms with E-state index in [1.807, 2.05) is 0 Å². The highest BCUT2D eigenvalue weighted by atomic mass is 16.5. The zero-order chi connectivity index (χ0) is 15.6. The van der Waals surface area contributed by atoms with E-state index < -0.39 is 23.5 Å². The Labute approximate surface area is 120 Å². The molecule has 1 unspecified atom stereocenters. The highest BCUT2D eigenvalue weighted by Gasteiger charge is 2.30. The lowest BCUT2D eigenvalue weighted by atomic mass is 9.98. The molecule has 2 rings (SSSR count). The maximum atomic E-state index is 12.5. The van der Waals surface area contributed by atoms with Crippen molar-refractivity contribution >= 4 is 11.9 Å². The van der Waals surface area contributed by atoms with Crippen LogP contribution in [0.3, 0.4) is 0 Å². The number of carbonyl (C=O) groups is 2. The number of fused-ring (bicyclic) bond motifs is 1. The molecule has 0 bridgehead atoms. The Morgan fingerprint density at radius 1 is 1.48 bits per heavy atom. The van der Waals surface area contributed by atoms with Crippen molar-refractivity contribution in [3.63, 3.8) is 0 Å². The zero-order valence-electron chi connectivity index (χ0n) is 11.7. The zero-order valence-corrected chi connectivity index (χ0v) is 11.7. The third-order valence-corrected chi connectivity index (χ3v) is 3.68. The molecule has 7 heteroatoms. The van der Waals surface area contributed by atoms with Gasteiger partial charge in [-0.05, 0) is 31.7 Å². The third-order valence-electron chi connectivity index (χ3n) is 3.68. The summed E-state index contributed by atoms with van der Waals surface area (Å²) in [5, 5.41) is 18.7. The molecule has 0 saturated carbocycles. The van der Waals surface area contributed by atoms with E-state index in [1.165, 1.54) is 17.7 Å². The Morgan fingerprint density at radius 3 is 2.81 bits per heavy atom. The Balaban J connectivity index is 2.50. The van der Waals surface area contributed by atoms with E-state index in [0.29, 0.717) is 25.0 Å². The van der Waals surface area contributed by atoms with Crippen LogP contribution < -0.4 is 5.56 Å². The molecule has 0 spiro atoms. The van der Waals surface area contributed by atoms with E-state index >= 15 is 0 Å². The number of hydrogen-bond donors (Lipinski definition) is 2. The molecule has 1 aliphatic rings. The predicted molar refractivity (Wildman–Crippen MR) is 72.3 cm³/mol. The smallest absolute Gasteiger partial charge is 0.328 e. The molecule has 0 aliphatic carbocycles. The normalized spacial score (nSPS) is 17.1. The Kier molecular flexibility index (Phi) is 4.30. The lowest BCUT2D eigenvalue weighted by molar-refractivity contribution is -0.145. The van der Waals surface area contributed by atoms with E-state index in [-0.39, 0.29) is 24.2 Å². The molecule has 1 aliphatic heterocycles. The molecule has 0 amide bonds. The van der Waals surface area contributed by atoms with Crippen molar-refractivity contribution in [3.05, 3.63) is 27.7 Å². The monoisotopic (exact) mass is 295 g/mol. The number of aliphatic carboxylic acids is 1. The molecule has 1 aromatic rings. The Morgan fingerprint density at radius 2 is 2.19 bits per heavy atom. The van der Waals surface area contributed by atoms with Gasteiger partial charge >= 0.3 is 11.9 Å². The number of carboxylic acid groups (broad SMARTS) is 1. The first-order valence-corrected chi connectivity index (χ1v) is 6.71. The maximum Gasteiger partial charge on any atom is 0.328 e. The van der Waals surface area contributed by atoms with Gasteiger partial charge in [-0.2, -0.15) is 0 Å². The van der Waals surface area contributed by atoms with E-state index in [0.717, 1.165) is 0 Å². The number of esters is 1. The summed E-state index contributed by atoms with van der Waals surface area (Å²) < 4.78 is 5.96. The minimum absolute atomic E-state index is 0.00982. The average Bonchev–Trinajstić information content (AvgIpc) is 2.47. The molecule has 21 heavy (non-hydrogen) atoms. The predicted octanol–water partition coefficient (Wildman–Crippen LogP) is 0.621. The maximum absolute atomic E-state index is 12.5. The molecule has 114 valence electrons. The summed E-state index contributed by atoms with van der Waals surface area (Å²) in [6.45, 7) is 0. The van der Waals surface area contributed by atoms with Gasteiger partial charge in [0.25, 0.3) is 5.56 Å². The highest BCUT2D eigenvalue weighted by molar-refractivity contribution is 5.74. The Bertz CT molecular complexity index is 633. The van der Waals surface area contributed by atoms with Crippen LogP contribution in [0, 0.1) is 0 Å². The average molecular weight is 295 g/mol. The molecular weight excluding hydrogens is 278 g/mol. The van der Waals surface area contributed by atoms with Crippen LogP contribution in [0.15, 0.2) is 10.9 Å². The number of rotatable bonds is 4. The number of nitrogens with zero attached hydrogens (tertiary/aromatic N) is 1. The van der Waals surface area contributed by atoms with Crippen LogP contribution in [0.5, 0.6) is 5.75 Å². The molecule has 2 N–H and O–H groups in total. The van der Waals surface area contributed by atoms with Crippen molar-refractivity contribution in [1.29, 1.82) is 0 Å². The quantitative estimate of drug-likeness (QED) is 0.789. The molecule has 0 fully saturated rings. The van der Waals surface area contributed by atoms with Gasteiger partial charge in [0, 0.05) is 12.0 Å². The molecule has 2 heterocycles. The van der Waals surface area contributed by atoms with E-state index in [1.54, 1.807) is 0 Å². The summed E-state index contributed by atoms with van der Waals surface area (Å²) in [6, 6.07) is 0.540. The minimum Gasteiger partial charge on any atom is -0.506 e. The van der Waals surface area contributed by atoms with Crippen LogP contribution in [-0.2, 0) is 27.2 Å². The van der Waals surface area contributed by atoms with Gasteiger partial charge in [-0.1, -0.05) is 0 Å². The van der Waals surface area contributed by atoms with Crippen LogP contribution in [-0.4, -0.2) is 33.8 Å². The Hall–Kier alpha value is -2.31. The van der Waals surface area contributed by atoms with Crippen LogP contribution in [0.2, 0.25) is 0 Å². The number of ether oxygens (including phenoxy) is 1. The second-order valence-corrected chi connectivity index (χ2v) is 5.00. The molecule has 0 aromatic carbocycles. The standard InChI is InChI=1S/C14H17NO6/c1-21-14(20)10-4-2-3-9-11(16)7-8(5-6-12(17)18)13(19)15(9)10/h7,10,16H,2-6H2,1H3,(H,17,18). The molecular formula is C14H17NO6. The van der Waals surface area contributed by atoms with Gasteiger partial charge in [0.1, 0.15) is 11.8 Å². The number of pyridine rings is 1. The molecule has 0 saturated heterocycles. The minimum atomic E-state index is -1.03. The summed E-state index contributed by atoms with van der Waals surface area (Å²) in [5.74, 6) is -1.64. The van der Waals surface area contributed by atoms with Gasteiger partial charge in [0.15, 0.2) is 0 Å². The number of aromatic hydroxyl groups is 1. The summed E-state index contributed by atoms with van der Waals surface area (Å²) >= 11 is 0. The number of aryl methyl sites for hydroxylation is 1. The largest absolute Gasteiger partial charge is 0.506 e. The van der Waals surface area contributed by atoms with Gasteiger partial charge in [0.05, 0.1) is 12.8 Å². The highest BCUT2D eigenvalue weighted by Crippen LogP contribution is 2.29. The first kappa shape index (κ1) is 15.1. The fourth-order valence-electron chi connectivity index (χ4n) is 2.66. The number of aromatic nitrogens is 1. The second-order valence-electron chi connectivity index (χ2n) is 5.00. The number of carbonyl (C=O) groups excluding carboxylic acids is 1. The van der Waals surface area contributed by atoms with Crippen molar-refractivity contribution in [3.8, 4) is 5.75 Å². The van der Waals surface area contributed by atoms with Crippen LogP contribution in [0.25, 0.3) is 0 Å². The van der Waals surface area contributed by atoms with Crippen molar-refractivity contribution in [1.82, 2.24) is 4.57 Å². The van der Waals surface area contributed by atoms with Crippen LogP contribution in [0.1, 0.15) is 36.6 Å². The van der Waals surface area contributed by atoms with Crippen molar-refractivity contribution in [2.75, 3.05) is 7.11 Å². The van der Waals surface area contributed by atoms with E-state index in [2.05, 4.69) is 0 Å². The van der Waals surface area contributed by atoms with Crippen LogP contribution in [0.4, 0.5) is 0 Å². The SMILES string of the molecule is COC(=O)C1CCCc2c(O)cc(CCC(=O)O)c(=O)n21. The van der Waals surface area contributed by atoms with Gasteiger partial charge in [-0.15, -0.1) is 0 Å². The lowest BCUT2D eigenvalue weighted by Gasteiger charge is -2.27. The van der Waals surface area contributed by atoms with E-state index in [9.17, 15) is 19.5 Å². The van der Waals surface area contributed by atoms with Crippen molar-refractivity contribution < 1.29 is 24.5 Å².